The summed E-state index contributed by atoms with van der Waals surface area (Å²) in [6.07, 6.45) is 3.38. The van der Waals surface area contributed by atoms with E-state index in [-0.39, 0.29) is 6.61 Å². The molecule has 8 heteroatoms. The topological polar surface area (TPSA) is 66.2 Å². The molecule has 0 saturated carbocycles. The van der Waals surface area contributed by atoms with Gasteiger partial charge in [-0.05, 0) is 20.2 Å². The molecule has 1 atom stereocenters. The number of hydrogen-bond acceptors (Lipinski definition) is 7. The molecule has 30 heavy (non-hydrogen) atoms. The Balaban J connectivity index is 1.57. The maximum absolute atomic E-state index is 10.5. The molecule has 1 aromatic carbocycles. The largest absolute Gasteiger partial charge is 0.497 e. The summed E-state index contributed by atoms with van der Waals surface area (Å²) in [5.41, 5.74) is 2.23. The maximum Gasteiger partial charge on any atom is 0.127 e. The Morgan fingerprint density at radius 2 is 1.93 bits per heavy atom. The third-order valence-corrected chi connectivity index (χ3v) is 5.42. The minimum absolute atomic E-state index is 0.263. The molecule has 3 rings (SSSR count). The Labute approximate surface area is 179 Å². The molecule has 1 N–H and O–H groups in total. The number of benzene rings is 1. The van der Waals surface area contributed by atoms with Crippen molar-refractivity contribution >= 4 is 0 Å². The van der Waals surface area contributed by atoms with Gasteiger partial charge < -0.3 is 19.5 Å². The molecule has 1 fully saturated rings. The highest BCUT2D eigenvalue weighted by atomic mass is 16.5. The van der Waals surface area contributed by atoms with E-state index in [1.54, 1.807) is 7.11 Å². The molecule has 0 aliphatic carbocycles. The van der Waals surface area contributed by atoms with Crippen LogP contribution in [0.4, 0.5) is 0 Å². The van der Waals surface area contributed by atoms with Gasteiger partial charge >= 0.3 is 0 Å². The molecule has 2 aromatic rings. The van der Waals surface area contributed by atoms with Crippen LogP contribution in [-0.4, -0.2) is 96.2 Å². The van der Waals surface area contributed by atoms with Gasteiger partial charge in [0.05, 0.1) is 13.3 Å². The van der Waals surface area contributed by atoms with Crippen molar-refractivity contribution in [2.24, 2.45) is 7.05 Å². The van der Waals surface area contributed by atoms with Crippen LogP contribution in [0.15, 0.2) is 30.6 Å². The summed E-state index contributed by atoms with van der Waals surface area (Å²) in [4.78, 5) is 6.82. The van der Waals surface area contributed by atoms with E-state index in [0.717, 1.165) is 56.3 Å². The minimum atomic E-state index is -0.527. The van der Waals surface area contributed by atoms with Gasteiger partial charge in [0.15, 0.2) is 0 Å². The SMILES string of the molecule is COc1ccc(CN(C)Cc2cnn(C)c2)c(OCC(O)CN2CCN(C)CC2)c1. The second kappa shape index (κ2) is 10.8. The smallest absolute Gasteiger partial charge is 0.127 e. The van der Waals surface area contributed by atoms with Crippen molar-refractivity contribution in [3.63, 3.8) is 0 Å². The quantitative estimate of drug-likeness (QED) is 0.620. The second-order valence-electron chi connectivity index (χ2n) is 8.24. The molecule has 1 aliphatic rings. The van der Waals surface area contributed by atoms with Gasteiger partial charge in [0.25, 0.3) is 0 Å². The van der Waals surface area contributed by atoms with Crippen LogP contribution < -0.4 is 9.47 Å². The van der Waals surface area contributed by atoms with Crippen LogP contribution in [-0.2, 0) is 20.1 Å². The van der Waals surface area contributed by atoms with Crippen LogP contribution in [0.3, 0.4) is 0 Å². The lowest BCUT2D eigenvalue weighted by atomic mass is 10.1. The van der Waals surface area contributed by atoms with E-state index in [1.807, 2.05) is 42.3 Å². The van der Waals surface area contributed by atoms with Crippen LogP contribution in [0, 0.1) is 0 Å². The first kappa shape index (κ1) is 22.6. The number of piperazine rings is 1. The Morgan fingerprint density at radius 1 is 1.17 bits per heavy atom. The van der Waals surface area contributed by atoms with Crippen LogP contribution in [0.5, 0.6) is 11.5 Å². The summed E-state index contributed by atoms with van der Waals surface area (Å²) in [5, 5.41) is 14.7. The molecular formula is C22H35N5O3. The maximum atomic E-state index is 10.5. The van der Waals surface area contributed by atoms with E-state index >= 15 is 0 Å². The first-order valence-electron chi connectivity index (χ1n) is 10.5. The fourth-order valence-electron chi connectivity index (χ4n) is 3.71. The molecule has 0 amide bonds. The van der Waals surface area contributed by atoms with Crippen molar-refractivity contribution in [3.8, 4) is 11.5 Å². The number of aliphatic hydroxyl groups excluding tert-OH is 1. The number of β-amino-alcohol motifs (C(OH)–C–C–N with tert-alkyl or cyclic N) is 1. The van der Waals surface area contributed by atoms with Crippen LogP contribution in [0.2, 0.25) is 0 Å². The number of likely N-dealkylation sites (N-methyl/N-ethyl adjacent to an activating group) is 1. The van der Waals surface area contributed by atoms with Gasteiger partial charge in [0, 0.05) is 76.3 Å². The molecule has 8 nitrogen and oxygen atoms in total. The lowest BCUT2D eigenvalue weighted by molar-refractivity contribution is 0.0500. The van der Waals surface area contributed by atoms with Crippen molar-refractivity contribution in [3.05, 3.63) is 41.7 Å². The van der Waals surface area contributed by atoms with E-state index < -0.39 is 6.10 Å². The van der Waals surface area contributed by atoms with Crippen LogP contribution >= 0.6 is 0 Å². The Bertz CT molecular complexity index is 789. The van der Waals surface area contributed by atoms with Gasteiger partial charge in [-0.15, -0.1) is 0 Å². The van der Waals surface area contributed by atoms with Crippen LogP contribution in [0.1, 0.15) is 11.1 Å². The lowest BCUT2D eigenvalue weighted by Gasteiger charge is -2.33. The third-order valence-electron chi connectivity index (χ3n) is 5.42. The molecule has 0 bridgehead atoms. The number of rotatable bonds is 10. The molecular weight excluding hydrogens is 382 g/mol. The molecule has 2 heterocycles. The second-order valence-corrected chi connectivity index (χ2v) is 8.24. The number of methoxy groups -OCH3 is 1. The van der Waals surface area contributed by atoms with E-state index in [1.165, 1.54) is 5.56 Å². The van der Waals surface area contributed by atoms with Gasteiger partial charge in [-0.3, -0.25) is 14.5 Å². The van der Waals surface area contributed by atoms with E-state index in [4.69, 9.17) is 9.47 Å². The zero-order chi connectivity index (χ0) is 21.5. The summed E-state index contributed by atoms with van der Waals surface area (Å²) in [7, 11) is 7.78. The predicted octanol–water partition coefficient (Wildman–Crippen LogP) is 1.05. The number of nitrogens with zero attached hydrogens (tertiary/aromatic N) is 5. The van der Waals surface area contributed by atoms with Crippen molar-refractivity contribution in [1.29, 1.82) is 0 Å². The minimum Gasteiger partial charge on any atom is -0.497 e. The van der Waals surface area contributed by atoms with Gasteiger partial charge in [-0.2, -0.15) is 5.10 Å². The van der Waals surface area contributed by atoms with Crippen LogP contribution in [0.25, 0.3) is 0 Å². The first-order chi connectivity index (χ1) is 14.4. The molecule has 0 radical (unpaired) electrons. The summed E-state index contributed by atoms with van der Waals surface area (Å²) in [5.74, 6) is 1.50. The van der Waals surface area contributed by atoms with E-state index in [9.17, 15) is 5.11 Å². The molecule has 166 valence electrons. The monoisotopic (exact) mass is 417 g/mol. The summed E-state index contributed by atoms with van der Waals surface area (Å²) in [6, 6.07) is 5.87. The van der Waals surface area contributed by atoms with Crippen molar-refractivity contribution in [2.75, 3.05) is 60.5 Å². The number of hydrogen-bond donors (Lipinski definition) is 1. The van der Waals surface area contributed by atoms with Gasteiger partial charge in [0.1, 0.15) is 24.2 Å². The summed E-state index contributed by atoms with van der Waals surface area (Å²) < 4.78 is 13.2. The lowest BCUT2D eigenvalue weighted by Crippen LogP contribution is -2.47. The number of aromatic nitrogens is 2. The molecule has 1 aromatic heterocycles. The zero-order valence-electron chi connectivity index (χ0n) is 18.6. The molecule has 0 spiro atoms. The highest BCUT2D eigenvalue weighted by Gasteiger charge is 2.18. The Hall–Kier alpha value is -2.13. The zero-order valence-corrected chi connectivity index (χ0v) is 18.6. The predicted molar refractivity (Wildman–Crippen MR) is 117 cm³/mol. The number of ether oxygens (including phenoxy) is 2. The normalized spacial score (nSPS) is 16.7. The highest BCUT2D eigenvalue weighted by molar-refractivity contribution is 5.40. The molecule has 1 saturated heterocycles. The Morgan fingerprint density at radius 3 is 2.60 bits per heavy atom. The van der Waals surface area contributed by atoms with E-state index in [0.29, 0.717) is 6.54 Å². The number of aliphatic hydroxyl groups is 1. The van der Waals surface area contributed by atoms with Crippen molar-refractivity contribution < 1.29 is 14.6 Å². The van der Waals surface area contributed by atoms with Gasteiger partial charge in [-0.25, -0.2) is 0 Å². The first-order valence-corrected chi connectivity index (χ1v) is 10.5. The van der Waals surface area contributed by atoms with Gasteiger partial charge in [-0.1, -0.05) is 6.07 Å². The number of aryl methyl sites for hydroxylation is 1. The third kappa shape index (κ3) is 6.70. The molecule has 1 aliphatic heterocycles. The highest BCUT2D eigenvalue weighted by Crippen LogP contribution is 2.26. The summed E-state index contributed by atoms with van der Waals surface area (Å²) in [6.45, 7) is 6.46. The Kier molecular flexibility index (Phi) is 8.09. The van der Waals surface area contributed by atoms with Crippen molar-refractivity contribution in [2.45, 2.75) is 19.2 Å². The van der Waals surface area contributed by atoms with E-state index in [2.05, 4.69) is 33.9 Å². The van der Waals surface area contributed by atoms with Gasteiger partial charge in [0.2, 0.25) is 0 Å². The molecule has 1 unspecified atom stereocenters. The summed E-state index contributed by atoms with van der Waals surface area (Å²) >= 11 is 0. The fraction of sp³-hybridized carbons (Fsp3) is 0.591. The average molecular weight is 418 g/mol. The standard InChI is InChI=1S/C22H35N5O3/c1-24-7-9-27(10-8-24)16-20(28)17-30-22-11-21(29-4)6-5-19(22)15-25(2)13-18-12-23-26(3)14-18/h5-6,11-12,14,20,28H,7-10,13,15-17H2,1-4H3. The fourth-order valence-corrected chi connectivity index (χ4v) is 3.71. The van der Waals surface area contributed by atoms with Crippen molar-refractivity contribution in [1.82, 2.24) is 24.5 Å². The average Bonchev–Trinajstić information content (AvgIpc) is 3.13.